The van der Waals surface area contributed by atoms with E-state index in [0.717, 1.165) is 32.5 Å². The number of hydrazine groups is 1. The third-order valence-corrected chi connectivity index (χ3v) is 1.59. The highest BCUT2D eigenvalue weighted by Gasteiger charge is 2.04. The number of nitrogens with zero attached hydrogens (tertiary/aromatic N) is 1. The molecule has 1 atom stereocenters. The van der Waals surface area contributed by atoms with Gasteiger partial charge in [0.25, 0.3) is 0 Å². The van der Waals surface area contributed by atoms with Crippen LogP contribution in [0.2, 0.25) is 0 Å². The van der Waals surface area contributed by atoms with Crippen LogP contribution in [0.1, 0.15) is 26.7 Å². The first kappa shape index (κ1) is 12.5. The summed E-state index contributed by atoms with van der Waals surface area (Å²) in [6.45, 7) is 6.67. The van der Waals surface area contributed by atoms with Crippen molar-refractivity contribution in [3.8, 4) is 0 Å². The molecular weight excluding hydrogens is 168 g/mol. The van der Waals surface area contributed by atoms with Gasteiger partial charge in [-0.25, -0.2) is 5.43 Å². The van der Waals surface area contributed by atoms with Gasteiger partial charge in [-0.1, -0.05) is 13.8 Å². The van der Waals surface area contributed by atoms with Crippen LogP contribution in [0.5, 0.6) is 0 Å². The molecule has 0 radical (unpaired) electrons. The van der Waals surface area contributed by atoms with Gasteiger partial charge in [-0.05, 0) is 24.7 Å². The van der Waals surface area contributed by atoms with Crippen molar-refractivity contribution in [2.45, 2.75) is 32.9 Å². The normalized spacial score (nSPS) is 12.8. The molecule has 0 saturated heterocycles. The number of nitroso groups, excluding NO2 is 1. The molecule has 3 N–H and O–H groups in total. The quantitative estimate of drug-likeness (QED) is 0.281. The molecule has 13 heavy (non-hydrogen) atoms. The maximum atomic E-state index is 10.3. The monoisotopic (exact) mass is 188 g/mol. The molecule has 0 amide bonds. The molecule has 5 heteroatoms. The summed E-state index contributed by atoms with van der Waals surface area (Å²) < 4.78 is 0. The maximum absolute atomic E-state index is 10.3. The van der Waals surface area contributed by atoms with Gasteiger partial charge < -0.3 is 5.32 Å². The third-order valence-electron chi connectivity index (χ3n) is 1.59. The SMILES string of the molecule is CCCNCCC(N=O)NNCC. The molecule has 0 rings (SSSR count). The molecule has 0 aromatic rings. The Bertz CT molecular complexity index is 121. The van der Waals surface area contributed by atoms with Crippen LogP contribution in [0.25, 0.3) is 0 Å². The van der Waals surface area contributed by atoms with Crippen LogP contribution in [-0.4, -0.2) is 25.8 Å². The van der Waals surface area contributed by atoms with Crippen molar-refractivity contribution in [2.24, 2.45) is 5.18 Å². The standard InChI is InChI=1S/C8H20N4O/c1-3-6-9-7-5-8(12-13)11-10-4-2/h8-11H,3-7H2,1-2H3. The first-order valence-electron chi connectivity index (χ1n) is 4.86. The van der Waals surface area contributed by atoms with Crippen molar-refractivity contribution in [3.05, 3.63) is 4.91 Å². The molecular formula is C8H20N4O. The van der Waals surface area contributed by atoms with E-state index < -0.39 is 0 Å². The van der Waals surface area contributed by atoms with Crippen LogP contribution in [0.15, 0.2) is 5.18 Å². The lowest BCUT2D eigenvalue weighted by molar-refractivity contribution is 0.416. The van der Waals surface area contributed by atoms with Gasteiger partial charge in [0, 0.05) is 13.0 Å². The largest absolute Gasteiger partial charge is 0.317 e. The Balaban J connectivity index is 3.31. The molecule has 0 aromatic carbocycles. The Morgan fingerprint density at radius 1 is 1.31 bits per heavy atom. The van der Waals surface area contributed by atoms with Crippen molar-refractivity contribution in [1.29, 1.82) is 0 Å². The van der Waals surface area contributed by atoms with Gasteiger partial charge in [0.1, 0.15) is 0 Å². The molecule has 0 aliphatic heterocycles. The summed E-state index contributed by atoms with van der Waals surface area (Å²) in [7, 11) is 0. The number of nitrogens with one attached hydrogen (secondary N) is 3. The van der Waals surface area contributed by atoms with Crippen molar-refractivity contribution in [1.82, 2.24) is 16.2 Å². The summed E-state index contributed by atoms with van der Waals surface area (Å²) in [5, 5.41) is 6.17. The third kappa shape index (κ3) is 7.83. The van der Waals surface area contributed by atoms with Crippen molar-refractivity contribution >= 4 is 0 Å². The lowest BCUT2D eigenvalue weighted by atomic mass is 10.3. The van der Waals surface area contributed by atoms with Gasteiger partial charge in [0.05, 0.1) is 0 Å². The molecule has 0 aliphatic carbocycles. The first-order valence-corrected chi connectivity index (χ1v) is 4.86. The summed E-state index contributed by atoms with van der Waals surface area (Å²) in [6, 6.07) is 0. The van der Waals surface area contributed by atoms with E-state index in [-0.39, 0.29) is 6.17 Å². The minimum atomic E-state index is -0.329. The molecule has 0 aliphatic rings. The second-order valence-corrected chi connectivity index (χ2v) is 2.83. The lowest BCUT2D eigenvalue weighted by Gasteiger charge is -2.11. The van der Waals surface area contributed by atoms with E-state index in [1.54, 1.807) is 0 Å². The van der Waals surface area contributed by atoms with E-state index in [0.29, 0.717) is 0 Å². The number of hydrogen-bond donors (Lipinski definition) is 3. The molecule has 5 nitrogen and oxygen atoms in total. The van der Waals surface area contributed by atoms with E-state index in [9.17, 15) is 4.91 Å². The van der Waals surface area contributed by atoms with Gasteiger partial charge in [0.2, 0.25) is 0 Å². The number of rotatable bonds is 9. The second-order valence-electron chi connectivity index (χ2n) is 2.83. The zero-order chi connectivity index (χ0) is 9.94. The maximum Gasteiger partial charge on any atom is 0.155 e. The highest BCUT2D eigenvalue weighted by molar-refractivity contribution is 4.61. The fraction of sp³-hybridized carbons (Fsp3) is 1.00. The van der Waals surface area contributed by atoms with Gasteiger partial charge in [-0.3, -0.25) is 5.43 Å². The Morgan fingerprint density at radius 2 is 2.08 bits per heavy atom. The van der Waals surface area contributed by atoms with E-state index in [4.69, 9.17) is 0 Å². The van der Waals surface area contributed by atoms with Crippen molar-refractivity contribution in [3.63, 3.8) is 0 Å². The topological polar surface area (TPSA) is 65.5 Å². The molecule has 0 fully saturated rings. The minimum Gasteiger partial charge on any atom is -0.317 e. The van der Waals surface area contributed by atoms with E-state index in [1.165, 1.54) is 0 Å². The van der Waals surface area contributed by atoms with Crippen LogP contribution in [0, 0.1) is 4.91 Å². The second kappa shape index (κ2) is 9.57. The molecule has 0 saturated carbocycles. The Hall–Kier alpha value is -0.520. The predicted molar refractivity (Wildman–Crippen MR) is 54.2 cm³/mol. The predicted octanol–water partition coefficient (Wildman–Crippen LogP) is 0.583. The zero-order valence-corrected chi connectivity index (χ0v) is 8.47. The van der Waals surface area contributed by atoms with Crippen molar-refractivity contribution < 1.29 is 0 Å². The average Bonchev–Trinajstić information content (AvgIpc) is 2.17. The smallest absolute Gasteiger partial charge is 0.155 e. The summed E-state index contributed by atoms with van der Waals surface area (Å²) in [6.07, 6.45) is 1.50. The first-order chi connectivity index (χ1) is 6.35. The summed E-state index contributed by atoms with van der Waals surface area (Å²) in [5.74, 6) is 0. The molecule has 1 unspecified atom stereocenters. The highest BCUT2D eigenvalue weighted by atomic mass is 16.3. The van der Waals surface area contributed by atoms with Crippen LogP contribution in [0.4, 0.5) is 0 Å². The summed E-state index contributed by atoms with van der Waals surface area (Å²) in [5.41, 5.74) is 5.70. The molecule has 0 bridgehead atoms. The van der Waals surface area contributed by atoms with Gasteiger partial charge in [-0.2, -0.15) is 0 Å². The van der Waals surface area contributed by atoms with E-state index >= 15 is 0 Å². The molecule has 0 heterocycles. The highest BCUT2D eigenvalue weighted by Crippen LogP contribution is 1.89. The summed E-state index contributed by atoms with van der Waals surface area (Å²) >= 11 is 0. The Labute approximate surface area is 79.6 Å². The van der Waals surface area contributed by atoms with Gasteiger partial charge in [0.15, 0.2) is 6.17 Å². The van der Waals surface area contributed by atoms with Gasteiger partial charge in [-0.15, -0.1) is 4.91 Å². The minimum absolute atomic E-state index is 0.329. The fourth-order valence-corrected chi connectivity index (χ4v) is 0.912. The number of hydrogen-bond acceptors (Lipinski definition) is 5. The van der Waals surface area contributed by atoms with E-state index in [1.807, 2.05) is 6.92 Å². The van der Waals surface area contributed by atoms with Crippen LogP contribution >= 0.6 is 0 Å². The molecule has 0 spiro atoms. The van der Waals surface area contributed by atoms with Crippen LogP contribution in [-0.2, 0) is 0 Å². The summed E-state index contributed by atoms with van der Waals surface area (Å²) in [4.78, 5) is 10.3. The van der Waals surface area contributed by atoms with E-state index in [2.05, 4.69) is 28.3 Å². The van der Waals surface area contributed by atoms with Crippen LogP contribution in [0.3, 0.4) is 0 Å². The Kier molecular flexibility index (Phi) is 9.18. The van der Waals surface area contributed by atoms with Crippen molar-refractivity contribution in [2.75, 3.05) is 19.6 Å². The van der Waals surface area contributed by atoms with Crippen LogP contribution < -0.4 is 16.2 Å². The zero-order valence-electron chi connectivity index (χ0n) is 8.47. The Morgan fingerprint density at radius 3 is 2.62 bits per heavy atom. The molecule has 78 valence electrons. The lowest BCUT2D eigenvalue weighted by Crippen LogP contribution is -2.40. The average molecular weight is 188 g/mol. The fourth-order valence-electron chi connectivity index (χ4n) is 0.912. The molecule has 0 aromatic heterocycles. The van der Waals surface area contributed by atoms with Gasteiger partial charge >= 0.3 is 0 Å².